The smallest absolute Gasteiger partial charge is 0.268 e. The average molecular weight is 811 g/mol. The zero-order valence-electron chi connectivity index (χ0n) is 37.3. The summed E-state index contributed by atoms with van der Waals surface area (Å²) >= 11 is 0. The van der Waals surface area contributed by atoms with Gasteiger partial charge in [-0.15, -0.1) is 0 Å². The summed E-state index contributed by atoms with van der Waals surface area (Å²) in [6, 6.07) is -0.892. The molecule has 0 aliphatic carbocycles. The minimum atomic E-state index is -4.59. The zero-order valence-corrected chi connectivity index (χ0v) is 38.2. The molecule has 330 valence electrons. The number of hydrogen-bond acceptors (Lipinski definition) is 6. The number of phosphoric ester groups is 1. The molecule has 9 heteroatoms. The van der Waals surface area contributed by atoms with Gasteiger partial charge < -0.3 is 28.8 Å². The first kappa shape index (κ1) is 54.7. The zero-order chi connectivity index (χ0) is 41.4. The van der Waals surface area contributed by atoms with E-state index in [4.69, 9.17) is 9.05 Å². The van der Waals surface area contributed by atoms with Crippen LogP contribution in [0.3, 0.4) is 0 Å². The fraction of sp³-hybridized carbons (Fsp3) is 0.851. The van der Waals surface area contributed by atoms with Gasteiger partial charge in [0.1, 0.15) is 13.2 Å². The van der Waals surface area contributed by atoms with Gasteiger partial charge in [-0.1, -0.05) is 185 Å². The number of rotatable bonds is 42. The Bertz CT molecular complexity index is 1010. The Labute approximate surface area is 347 Å². The van der Waals surface area contributed by atoms with Crippen LogP contribution in [0.5, 0.6) is 0 Å². The summed E-state index contributed by atoms with van der Waals surface area (Å²) in [4.78, 5) is 25.3. The van der Waals surface area contributed by atoms with Crippen molar-refractivity contribution in [3.8, 4) is 0 Å². The van der Waals surface area contributed by atoms with E-state index < -0.39 is 20.0 Å². The summed E-state index contributed by atoms with van der Waals surface area (Å²) in [5, 5.41) is 13.8. The lowest BCUT2D eigenvalue weighted by molar-refractivity contribution is -0.870. The van der Waals surface area contributed by atoms with Gasteiger partial charge in [-0.05, 0) is 51.4 Å². The number of quaternary nitrogens is 1. The lowest BCUT2D eigenvalue weighted by Crippen LogP contribution is -2.45. The molecule has 0 rings (SSSR count). The second-order valence-corrected chi connectivity index (χ2v) is 18.5. The number of unbranched alkanes of at least 4 members (excludes halogenated alkanes) is 25. The number of carbonyl (C=O) groups excluding carboxylic acids is 1. The molecule has 56 heavy (non-hydrogen) atoms. The Hall–Kier alpha value is -1.28. The number of nitrogens with one attached hydrogen (secondary N) is 1. The number of phosphoric acid groups is 1. The maximum Gasteiger partial charge on any atom is 0.268 e. The molecule has 3 unspecified atom stereocenters. The SMILES string of the molecule is CCCCCC/C=C\C/C=C\CCCCCCCC(=O)NC(COP(=O)([O-])OCC[N+](C)(C)C)C(O)/C=C/CCCCCCCCCCCCCCCCCC. The molecule has 0 bridgehead atoms. The minimum absolute atomic E-state index is 0.00401. The first-order chi connectivity index (χ1) is 27.0. The standard InChI is InChI=1S/C47H91N2O6P/c1-6-8-10-12-14-16-18-20-22-24-25-26-28-30-32-34-36-38-40-46(50)45(44-55-56(52,53)54-43-42-49(3,4)5)48-47(51)41-39-37-35-33-31-29-27-23-21-19-17-15-13-11-9-7-2/h17,19,23,27,38,40,45-46,50H,6-16,18,20-22,24-26,28-37,39,41-44H2,1-5H3,(H-,48,51,52,53)/b19-17-,27-23-,40-38+. The number of carbonyl (C=O) groups is 1. The maximum absolute atomic E-state index is 12.9. The first-order valence-corrected chi connectivity index (χ1v) is 24.8. The molecular weight excluding hydrogens is 719 g/mol. The van der Waals surface area contributed by atoms with E-state index in [2.05, 4.69) is 43.5 Å². The van der Waals surface area contributed by atoms with Crippen molar-refractivity contribution in [3.63, 3.8) is 0 Å². The molecule has 0 aliphatic rings. The molecule has 2 N–H and O–H groups in total. The van der Waals surface area contributed by atoms with Gasteiger partial charge in [0.15, 0.2) is 0 Å². The fourth-order valence-corrected chi connectivity index (χ4v) is 7.32. The molecule has 3 atom stereocenters. The van der Waals surface area contributed by atoms with Crippen LogP contribution in [0.2, 0.25) is 0 Å². The molecule has 0 fully saturated rings. The van der Waals surface area contributed by atoms with Gasteiger partial charge in [0.25, 0.3) is 7.82 Å². The summed E-state index contributed by atoms with van der Waals surface area (Å²) in [6.45, 7) is 4.62. The molecule has 0 saturated heterocycles. The van der Waals surface area contributed by atoms with Crippen LogP contribution in [0.15, 0.2) is 36.5 Å². The van der Waals surface area contributed by atoms with Crippen molar-refractivity contribution >= 4 is 13.7 Å². The van der Waals surface area contributed by atoms with E-state index in [9.17, 15) is 19.4 Å². The van der Waals surface area contributed by atoms with Crippen LogP contribution in [-0.4, -0.2) is 68.5 Å². The fourth-order valence-electron chi connectivity index (χ4n) is 6.59. The van der Waals surface area contributed by atoms with Crippen LogP contribution in [0.25, 0.3) is 0 Å². The number of hydrogen-bond donors (Lipinski definition) is 2. The molecule has 0 aromatic heterocycles. The van der Waals surface area contributed by atoms with Crippen LogP contribution in [-0.2, 0) is 18.4 Å². The minimum Gasteiger partial charge on any atom is -0.756 e. The summed E-state index contributed by atoms with van der Waals surface area (Å²) < 4.78 is 23.2. The quantitative estimate of drug-likeness (QED) is 0.0275. The molecule has 0 aromatic carbocycles. The number of aliphatic hydroxyl groups excluding tert-OH is 1. The van der Waals surface area contributed by atoms with E-state index >= 15 is 0 Å². The summed E-state index contributed by atoms with van der Waals surface area (Å²) in [6.07, 6.45) is 47.5. The third kappa shape index (κ3) is 40.9. The summed E-state index contributed by atoms with van der Waals surface area (Å²) in [5.74, 6) is -0.211. The summed E-state index contributed by atoms with van der Waals surface area (Å²) in [5.41, 5.74) is 0. The van der Waals surface area contributed by atoms with Crippen molar-refractivity contribution in [1.29, 1.82) is 0 Å². The number of allylic oxidation sites excluding steroid dienone is 5. The van der Waals surface area contributed by atoms with Crippen LogP contribution in [0, 0.1) is 0 Å². The van der Waals surface area contributed by atoms with Gasteiger partial charge in [0, 0.05) is 6.42 Å². The number of aliphatic hydroxyl groups is 1. The van der Waals surface area contributed by atoms with Crippen molar-refractivity contribution in [2.45, 2.75) is 219 Å². The third-order valence-electron chi connectivity index (χ3n) is 10.3. The van der Waals surface area contributed by atoms with Crippen molar-refractivity contribution in [3.05, 3.63) is 36.5 Å². The second-order valence-electron chi connectivity index (χ2n) is 17.1. The molecule has 0 aliphatic heterocycles. The van der Waals surface area contributed by atoms with Gasteiger partial charge in [-0.25, -0.2) is 0 Å². The molecule has 0 radical (unpaired) electrons. The number of amides is 1. The third-order valence-corrected chi connectivity index (χ3v) is 11.3. The van der Waals surface area contributed by atoms with Crippen LogP contribution < -0.4 is 10.2 Å². The molecule has 0 spiro atoms. The highest BCUT2D eigenvalue weighted by Crippen LogP contribution is 2.38. The lowest BCUT2D eigenvalue weighted by atomic mass is 10.0. The highest BCUT2D eigenvalue weighted by atomic mass is 31.2. The maximum atomic E-state index is 12.9. The van der Waals surface area contributed by atoms with E-state index in [-0.39, 0.29) is 19.1 Å². The average Bonchev–Trinajstić information content (AvgIpc) is 3.15. The Kier molecular flexibility index (Phi) is 38.3. The highest BCUT2D eigenvalue weighted by molar-refractivity contribution is 7.45. The van der Waals surface area contributed by atoms with Crippen LogP contribution in [0.1, 0.15) is 206 Å². The molecule has 1 amide bonds. The van der Waals surface area contributed by atoms with Crippen molar-refractivity contribution < 1.29 is 32.9 Å². The Balaban J connectivity index is 4.42. The van der Waals surface area contributed by atoms with Gasteiger partial charge in [0.05, 0.1) is 39.9 Å². The largest absolute Gasteiger partial charge is 0.756 e. The van der Waals surface area contributed by atoms with Crippen molar-refractivity contribution in [2.24, 2.45) is 0 Å². The Morgan fingerprint density at radius 1 is 0.625 bits per heavy atom. The van der Waals surface area contributed by atoms with Crippen molar-refractivity contribution in [2.75, 3.05) is 40.9 Å². The normalized spacial score (nSPS) is 14.6. The van der Waals surface area contributed by atoms with E-state index in [1.165, 1.54) is 122 Å². The summed E-state index contributed by atoms with van der Waals surface area (Å²) in [7, 11) is 1.25. The first-order valence-electron chi connectivity index (χ1n) is 23.4. The van der Waals surface area contributed by atoms with Gasteiger partial charge >= 0.3 is 0 Å². The highest BCUT2D eigenvalue weighted by Gasteiger charge is 2.23. The predicted octanol–water partition coefficient (Wildman–Crippen LogP) is 12.5. The van der Waals surface area contributed by atoms with Gasteiger partial charge in [-0.2, -0.15) is 0 Å². The van der Waals surface area contributed by atoms with Crippen LogP contribution in [0.4, 0.5) is 0 Å². The van der Waals surface area contributed by atoms with Crippen LogP contribution >= 0.6 is 7.82 Å². The predicted molar refractivity (Wildman–Crippen MR) is 238 cm³/mol. The molecule has 0 aromatic rings. The Morgan fingerprint density at radius 2 is 1.04 bits per heavy atom. The molecule has 0 heterocycles. The van der Waals surface area contributed by atoms with Gasteiger partial charge in [-0.3, -0.25) is 9.36 Å². The number of nitrogens with zero attached hydrogens (tertiary/aromatic N) is 1. The topological polar surface area (TPSA) is 108 Å². The molecular formula is C47H91N2O6P. The van der Waals surface area contributed by atoms with Gasteiger partial charge in [0.2, 0.25) is 5.91 Å². The number of likely N-dealkylation sites (N-methyl/N-ethyl adjacent to an activating group) is 1. The van der Waals surface area contributed by atoms with E-state index in [1.54, 1.807) is 6.08 Å². The van der Waals surface area contributed by atoms with Crippen molar-refractivity contribution in [1.82, 2.24) is 5.32 Å². The monoisotopic (exact) mass is 811 g/mol. The molecule has 0 saturated carbocycles. The molecule has 8 nitrogen and oxygen atoms in total. The lowest BCUT2D eigenvalue weighted by Gasteiger charge is -2.29. The second kappa shape index (κ2) is 39.2. The van der Waals surface area contributed by atoms with E-state index in [0.717, 1.165) is 64.2 Å². The van der Waals surface area contributed by atoms with E-state index in [0.29, 0.717) is 17.4 Å². The van der Waals surface area contributed by atoms with E-state index in [1.807, 2.05) is 27.2 Å². The Morgan fingerprint density at radius 3 is 1.50 bits per heavy atom.